The summed E-state index contributed by atoms with van der Waals surface area (Å²) in [5, 5.41) is 16.6. The largest absolute Gasteiger partial charge is 0.409 e. The lowest BCUT2D eigenvalue weighted by Crippen LogP contribution is -2.41. The zero-order chi connectivity index (χ0) is 11.1. The Hall–Kier alpha value is -1.46. The molecule has 1 fully saturated rings. The topological polar surface area (TPSA) is 99.7 Å². The number of amidine groups is 1. The fraction of sp³-hybridized carbons (Fsp3) is 0.778. The van der Waals surface area contributed by atoms with Gasteiger partial charge in [0, 0.05) is 19.0 Å². The lowest BCUT2D eigenvalue weighted by atomic mass is 10.2. The highest BCUT2D eigenvalue weighted by molar-refractivity contribution is 5.80. The second-order valence-corrected chi connectivity index (χ2v) is 3.72. The molecule has 0 unspecified atom stereocenters. The summed E-state index contributed by atoms with van der Waals surface area (Å²) in [6.45, 7) is 0.383. The maximum atomic E-state index is 11.3. The Morgan fingerprint density at radius 3 is 2.73 bits per heavy atom. The highest BCUT2D eigenvalue weighted by atomic mass is 16.4. The Kier molecular flexibility index (Phi) is 4.73. The van der Waals surface area contributed by atoms with Crippen LogP contribution in [0.15, 0.2) is 5.16 Å². The van der Waals surface area contributed by atoms with E-state index in [0.29, 0.717) is 19.0 Å². The summed E-state index contributed by atoms with van der Waals surface area (Å²) in [5.41, 5.74) is 5.25. The van der Waals surface area contributed by atoms with E-state index < -0.39 is 0 Å². The first-order chi connectivity index (χ1) is 7.22. The van der Waals surface area contributed by atoms with Crippen molar-refractivity contribution in [2.45, 2.75) is 38.1 Å². The van der Waals surface area contributed by atoms with Crippen LogP contribution in [-0.4, -0.2) is 29.7 Å². The van der Waals surface area contributed by atoms with Gasteiger partial charge in [-0.3, -0.25) is 0 Å². The van der Waals surface area contributed by atoms with Crippen LogP contribution in [0.25, 0.3) is 0 Å². The summed E-state index contributed by atoms with van der Waals surface area (Å²) in [4.78, 5) is 11.3. The fourth-order valence-electron chi connectivity index (χ4n) is 1.66. The van der Waals surface area contributed by atoms with Gasteiger partial charge in [-0.1, -0.05) is 18.0 Å². The molecule has 86 valence electrons. The van der Waals surface area contributed by atoms with Crippen LogP contribution in [0, 0.1) is 0 Å². The van der Waals surface area contributed by atoms with Gasteiger partial charge in [-0.25, -0.2) is 4.79 Å². The first kappa shape index (κ1) is 11.6. The first-order valence-electron chi connectivity index (χ1n) is 5.23. The molecule has 2 amide bonds. The Morgan fingerprint density at radius 2 is 2.13 bits per heavy atom. The minimum absolute atomic E-state index is 0.121. The molecule has 1 aliphatic carbocycles. The Bertz CT molecular complexity index is 236. The molecule has 1 rings (SSSR count). The molecular formula is C9H18N4O2. The third-order valence-corrected chi connectivity index (χ3v) is 2.49. The molecule has 1 aliphatic rings. The smallest absolute Gasteiger partial charge is 0.315 e. The number of carbonyl (C=O) groups is 1. The lowest BCUT2D eigenvalue weighted by Gasteiger charge is -2.12. The number of hydrogen-bond acceptors (Lipinski definition) is 3. The number of carbonyl (C=O) groups excluding carboxylic acids is 1. The molecule has 0 spiro atoms. The van der Waals surface area contributed by atoms with E-state index in [1.165, 1.54) is 12.8 Å². The summed E-state index contributed by atoms with van der Waals surface area (Å²) >= 11 is 0. The first-order valence-corrected chi connectivity index (χ1v) is 5.23. The average molecular weight is 214 g/mol. The quantitative estimate of drug-likeness (QED) is 0.235. The number of nitrogens with two attached hydrogens (primary N) is 1. The molecule has 0 bridgehead atoms. The molecule has 5 N–H and O–H groups in total. The molecule has 0 aromatic heterocycles. The maximum Gasteiger partial charge on any atom is 0.315 e. The van der Waals surface area contributed by atoms with Crippen molar-refractivity contribution in [2.24, 2.45) is 10.9 Å². The summed E-state index contributed by atoms with van der Waals surface area (Å²) in [5.74, 6) is 0.121. The van der Waals surface area contributed by atoms with Crippen molar-refractivity contribution in [3.05, 3.63) is 0 Å². The number of nitrogens with zero attached hydrogens (tertiary/aromatic N) is 1. The van der Waals surface area contributed by atoms with Crippen molar-refractivity contribution in [2.75, 3.05) is 6.54 Å². The van der Waals surface area contributed by atoms with Crippen LogP contribution in [0.5, 0.6) is 0 Å². The van der Waals surface area contributed by atoms with Crippen LogP contribution in [-0.2, 0) is 0 Å². The van der Waals surface area contributed by atoms with E-state index in [2.05, 4.69) is 15.8 Å². The van der Waals surface area contributed by atoms with Crippen LogP contribution >= 0.6 is 0 Å². The van der Waals surface area contributed by atoms with Gasteiger partial charge >= 0.3 is 6.03 Å². The summed E-state index contributed by atoms with van der Waals surface area (Å²) in [6, 6.07) is 0.140. The van der Waals surface area contributed by atoms with Gasteiger partial charge in [0.15, 0.2) is 0 Å². The van der Waals surface area contributed by atoms with Gasteiger partial charge in [-0.2, -0.15) is 0 Å². The van der Waals surface area contributed by atoms with Crippen molar-refractivity contribution >= 4 is 11.9 Å². The monoisotopic (exact) mass is 214 g/mol. The zero-order valence-corrected chi connectivity index (χ0v) is 8.70. The third-order valence-electron chi connectivity index (χ3n) is 2.49. The second kappa shape index (κ2) is 6.10. The highest BCUT2D eigenvalue weighted by Gasteiger charge is 2.16. The van der Waals surface area contributed by atoms with E-state index in [1.54, 1.807) is 0 Å². The normalized spacial score (nSPS) is 17.7. The van der Waals surface area contributed by atoms with E-state index in [4.69, 9.17) is 10.9 Å². The van der Waals surface area contributed by atoms with Gasteiger partial charge < -0.3 is 21.6 Å². The van der Waals surface area contributed by atoms with Gasteiger partial charge in [0.1, 0.15) is 5.84 Å². The summed E-state index contributed by atoms with van der Waals surface area (Å²) in [6.07, 6.45) is 4.86. The molecule has 6 heteroatoms. The SMILES string of the molecule is NC(CCNC(=O)NC1CCCC1)=NO. The predicted molar refractivity (Wildman–Crippen MR) is 56.8 cm³/mol. The van der Waals surface area contributed by atoms with Crippen molar-refractivity contribution < 1.29 is 10.0 Å². The molecule has 0 aliphatic heterocycles. The van der Waals surface area contributed by atoms with Gasteiger partial charge in [0.05, 0.1) is 0 Å². The minimum atomic E-state index is -0.173. The van der Waals surface area contributed by atoms with Crippen molar-refractivity contribution in [3.63, 3.8) is 0 Å². The number of rotatable bonds is 4. The van der Waals surface area contributed by atoms with Crippen LogP contribution in [0.3, 0.4) is 0 Å². The third kappa shape index (κ3) is 4.53. The number of hydrogen-bond donors (Lipinski definition) is 4. The Balaban J connectivity index is 2.08. The highest BCUT2D eigenvalue weighted by Crippen LogP contribution is 2.17. The molecule has 0 aromatic carbocycles. The number of urea groups is 1. The van der Waals surface area contributed by atoms with Gasteiger partial charge in [-0.15, -0.1) is 0 Å². The summed E-state index contributed by atoms with van der Waals surface area (Å²) < 4.78 is 0. The number of oxime groups is 1. The number of nitrogens with one attached hydrogen (secondary N) is 2. The van der Waals surface area contributed by atoms with Gasteiger partial charge in [0.2, 0.25) is 0 Å². The molecule has 0 heterocycles. The maximum absolute atomic E-state index is 11.3. The van der Waals surface area contributed by atoms with Gasteiger partial charge in [-0.05, 0) is 12.8 Å². The lowest BCUT2D eigenvalue weighted by molar-refractivity contribution is 0.237. The molecule has 0 atom stereocenters. The van der Waals surface area contributed by atoms with Crippen LogP contribution in [0.2, 0.25) is 0 Å². The van der Waals surface area contributed by atoms with E-state index >= 15 is 0 Å². The van der Waals surface area contributed by atoms with Crippen LogP contribution < -0.4 is 16.4 Å². The fourth-order valence-corrected chi connectivity index (χ4v) is 1.66. The second-order valence-electron chi connectivity index (χ2n) is 3.72. The van der Waals surface area contributed by atoms with E-state index in [-0.39, 0.29) is 11.9 Å². The summed E-state index contributed by atoms with van der Waals surface area (Å²) in [7, 11) is 0. The molecule has 0 aromatic rings. The molecule has 1 saturated carbocycles. The average Bonchev–Trinajstić information content (AvgIpc) is 2.70. The van der Waals surface area contributed by atoms with Gasteiger partial charge in [0.25, 0.3) is 0 Å². The van der Waals surface area contributed by atoms with E-state index in [0.717, 1.165) is 12.8 Å². The van der Waals surface area contributed by atoms with Crippen molar-refractivity contribution in [1.82, 2.24) is 10.6 Å². The zero-order valence-electron chi connectivity index (χ0n) is 8.70. The Labute approximate surface area is 88.9 Å². The Morgan fingerprint density at radius 1 is 1.47 bits per heavy atom. The molecule has 0 saturated heterocycles. The molecule has 6 nitrogen and oxygen atoms in total. The minimum Gasteiger partial charge on any atom is -0.409 e. The van der Waals surface area contributed by atoms with E-state index in [1.807, 2.05) is 0 Å². The van der Waals surface area contributed by atoms with Crippen molar-refractivity contribution in [3.8, 4) is 0 Å². The van der Waals surface area contributed by atoms with E-state index in [9.17, 15) is 4.79 Å². The predicted octanol–water partition coefficient (Wildman–Crippen LogP) is 0.365. The van der Waals surface area contributed by atoms with Crippen molar-refractivity contribution in [1.29, 1.82) is 0 Å². The molecule has 15 heavy (non-hydrogen) atoms. The van der Waals surface area contributed by atoms with Crippen LogP contribution in [0.4, 0.5) is 4.79 Å². The van der Waals surface area contributed by atoms with Crippen LogP contribution in [0.1, 0.15) is 32.1 Å². The number of amides is 2. The molecule has 0 radical (unpaired) electrons. The standard InChI is InChI=1S/C9H18N4O2/c10-8(13-15)5-6-11-9(14)12-7-3-1-2-4-7/h7,15H,1-6H2,(H2,10,13)(H2,11,12,14). The molecular weight excluding hydrogens is 196 g/mol.